The molecule has 2 aromatic carbocycles. The Kier molecular flexibility index (Phi) is 7.74. The Morgan fingerprint density at radius 1 is 0.955 bits per heavy atom. The Bertz CT molecular complexity index is 1960. The molecular weight excluding hydrogens is 607 g/mol. The minimum absolute atomic E-state index is 0.0442. The van der Waals surface area contributed by atoms with Crippen molar-refractivity contribution < 1.29 is 34.7 Å². The summed E-state index contributed by atoms with van der Waals surface area (Å²) in [5, 5.41) is 0. The number of nitrogens with one attached hydrogen (secondary N) is 2. The molecule has 0 bridgehead atoms. The highest BCUT2D eigenvalue weighted by Gasteiger charge is 2.36. The summed E-state index contributed by atoms with van der Waals surface area (Å²) in [6, 6.07) is 10.5. The molecule has 9 nitrogen and oxygen atoms in total. The maximum atomic E-state index is 15.0. The molecule has 5 aromatic rings. The number of nitrogens with zero attached hydrogens (tertiary/aromatic N) is 4. The molecule has 3 heterocycles. The Hall–Kier alpha value is -4.37. The van der Waals surface area contributed by atoms with E-state index in [0.717, 1.165) is 36.6 Å². The van der Waals surface area contributed by atoms with Crippen molar-refractivity contribution >= 4 is 27.2 Å². The fourth-order valence-electron chi connectivity index (χ4n) is 4.55. The number of anilines is 1. The molecule has 2 N–H and O–H groups in total. The fourth-order valence-corrected chi connectivity index (χ4v) is 4.77. The first-order valence-electron chi connectivity index (χ1n) is 13.2. The van der Waals surface area contributed by atoms with Crippen molar-refractivity contribution in [2.24, 2.45) is 5.41 Å². The average Bonchev–Trinajstić information content (AvgIpc) is 3.52. The standard InChI is InChI=1S/C29H27F5N6O3S/c1-15(28(2,3)4)40-26-21(36-27(40)39-43-44(5,41)42)14-13-20(35-26)24-23(16-9-11-17(30)12-10-16)37-25(38-24)22-18(29(32,33)34)7-6-8-19(22)31/h6-15H,1-5H3,(H,36,39)(H,37,38)/t15-/m1/s1. The summed E-state index contributed by atoms with van der Waals surface area (Å²) in [7, 11) is -3.90. The summed E-state index contributed by atoms with van der Waals surface area (Å²) >= 11 is 0. The van der Waals surface area contributed by atoms with Gasteiger partial charge in [-0.15, -0.1) is 4.28 Å². The number of aromatic amines is 1. The largest absolute Gasteiger partial charge is 0.417 e. The van der Waals surface area contributed by atoms with Gasteiger partial charge in [-0.1, -0.05) is 26.8 Å². The molecule has 0 spiro atoms. The molecule has 5 rings (SSSR count). The number of H-pyrrole nitrogens is 1. The second-order valence-corrected chi connectivity index (χ2v) is 12.8. The van der Waals surface area contributed by atoms with Crippen LogP contribution >= 0.6 is 0 Å². The summed E-state index contributed by atoms with van der Waals surface area (Å²) < 4.78 is 100. The first kappa shape index (κ1) is 31.1. The van der Waals surface area contributed by atoms with E-state index in [4.69, 9.17) is 9.27 Å². The summed E-state index contributed by atoms with van der Waals surface area (Å²) in [5.41, 5.74) is 1.35. The van der Waals surface area contributed by atoms with Gasteiger partial charge in [-0.2, -0.15) is 21.6 Å². The van der Waals surface area contributed by atoms with Crippen molar-refractivity contribution in [1.82, 2.24) is 24.5 Å². The van der Waals surface area contributed by atoms with Crippen molar-refractivity contribution in [2.75, 3.05) is 11.7 Å². The third-order valence-corrected chi connectivity index (χ3v) is 7.48. The van der Waals surface area contributed by atoms with E-state index in [0.29, 0.717) is 11.1 Å². The van der Waals surface area contributed by atoms with Crippen molar-refractivity contribution in [3.05, 3.63) is 71.8 Å². The van der Waals surface area contributed by atoms with Crippen molar-refractivity contribution in [2.45, 2.75) is 39.9 Å². The molecule has 44 heavy (non-hydrogen) atoms. The molecule has 232 valence electrons. The van der Waals surface area contributed by atoms with E-state index < -0.39 is 44.9 Å². The summed E-state index contributed by atoms with van der Waals surface area (Å²) in [6.45, 7) is 7.73. The van der Waals surface area contributed by atoms with Crippen LogP contribution in [-0.4, -0.2) is 39.2 Å². The van der Waals surface area contributed by atoms with Gasteiger partial charge in [-0.05, 0) is 60.9 Å². The van der Waals surface area contributed by atoms with E-state index in [1.54, 1.807) is 10.6 Å². The van der Waals surface area contributed by atoms with E-state index in [1.165, 1.54) is 18.2 Å². The number of rotatable bonds is 7. The van der Waals surface area contributed by atoms with E-state index in [1.807, 2.05) is 27.7 Å². The van der Waals surface area contributed by atoms with Crippen LogP contribution in [0.4, 0.5) is 27.9 Å². The molecule has 0 aliphatic rings. The molecular formula is C29H27F5N6O3S. The topological polar surface area (TPSA) is 115 Å². The zero-order valence-electron chi connectivity index (χ0n) is 24.1. The van der Waals surface area contributed by atoms with Crippen molar-refractivity contribution in [3.63, 3.8) is 0 Å². The normalized spacial score (nSPS) is 13.4. The van der Waals surface area contributed by atoms with Crippen LogP contribution in [0.3, 0.4) is 0 Å². The third kappa shape index (κ3) is 6.15. The lowest BCUT2D eigenvalue weighted by molar-refractivity contribution is -0.137. The first-order valence-corrected chi connectivity index (χ1v) is 15.0. The van der Waals surface area contributed by atoms with Crippen LogP contribution in [0, 0.1) is 17.0 Å². The van der Waals surface area contributed by atoms with Crippen LogP contribution in [0.15, 0.2) is 54.6 Å². The fraction of sp³-hybridized carbons (Fsp3) is 0.276. The highest BCUT2D eigenvalue weighted by Crippen LogP contribution is 2.41. The second-order valence-electron chi connectivity index (χ2n) is 11.3. The molecule has 0 saturated carbocycles. The van der Waals surface area contributed by atoms with E-state index in [-0.39, 0.29) is 40.1 Å². The van der Waals surface area contributed by atoms with Crippen LogP contribution in [0.5, 0.6) is 0 Å². The highest BCUT2D eigenvalue weighted by molar-refractivity contribution is 7.86. The number of fused-ring (bicyclic) bond motifs is 1. The van der Waals surface area contributed by atoms with Crippen LogP contribution in [-0.2, 0) is 20.6 Å². The smallest absolute Gasteiger partial charge is 0.336 e. The van der Waals surface area contributed by atoms with Gasteiger partial charge in [-0.25, -0.2) is 29.2 Å². The Morgan fingerprint density at radius 3 is 2.25 bits per heavy atom. The number of pyridine rings is 1. The molecule has 0 amide bonds. The van der Waals surface area contributed by atoms with Crippen molar-refractivity contribution in [1.29, 1.82) is 0 Å². The molecule has 3 aromatic heterocycles. The Morgan fingerprint density at radius 2 is 1.64 bits per heavy atom. The number of alkyl halides is 3. The maximum absolute atomic E-state index is 15.0. The number of benzene rings is 2. The van der Waals surface area contributed by atoms with E-state index in [2.05, 4.69) is 20.4 Å². The second kappa shape index (κ2) is 11.0. The Labute approximate surface area is 249 Å². The lowest BCUT2D eigenvalue weighted by Crippen LogP contribution is -2.24. The Balaban J connectivity index is 1.76. The quantitative estimate of drug-likeness (QED) is 0.142. The highest BCUT2D eigenvalue weighted by atomic mass is 32.2. The molecule has 0 aliphatic heterocycles. The van der Waals surface area contributed by atoms with Gasteiger partial charge in [0.25, 0.3) is 10.1 Å². The monoisotopic (exact) mass is 634 g/mol. The third-order valence-electron chi connectivity index (χ3n) is 7.10. The zero-order valence-corrected chi connectivity index (χ0v) is 24.9. The van der Waals surface area contributed by atoms with E-state index >= 15 is 0 Å². The lowest BCUT2D eigenvalue weighted by Gasteiger charge is -2.29. The van der Waals surface area contributed by atoms with Gasteiger partial charge < -0.3 is 4.98 Å². The van der Waals surface area contributed by atoms with Gasteiger partial charge in [0.1, 0.15) is 23.0 Å². The van der Waals surface area contributed by atoms with Crippen LogP contribution < -0.4 is 5.48 Å². The molecule has 15 heteroatoms. The minimum Gasteiger partial charge on any atom is -0.336 e. The number of hydrogen-bond acceptors (Lipinski definition) is 7. The zero-order chi connectivity index (χ0) is 32.2. The number of hydrogen-bond donors (Lipinski definition) is 2. The van der Waals surface area contributed by atoms with Gasteiger partial charge in [0.15, 0.2) is 5.65 Å². The van der Waals surface area contributed by atoms with Crippen LogP contribution in [0.1, 0.15) is 39.3 Å². The summed E-state index contributed by atoms with van der Waals surface area (Å²) in [6.07, 6.45) is -4.02. The van der Waals surface area contributed by atoms with Gasteiger partial charge in [0, 0.05) is 11.6 Å². The maximum Gasteiger partial charge on any atom is 0.417 e. The average molecular weight is 635 g/mol. The van der Waals surface area contributed by atoms with Gasteiger partial charge in [0.2, 0.25) is 5.95 Å². The molecule has 0 aliphatic carbocycles. The molecule has 0 radical (unpaired) electrons. The first-order chi connectivity index (χ1) is 20.4. The number of halogens is 5. The van der Waals surface area contributed by atoms with Crippen LogP contribution in [0.2, 0.25) is 0 Å². The number of imidazole rings is 2. The molecule has 1 atom stereocenters. The molecule has 0 saturated heterocycles. The molecule has 0 fully saturated rings. The molecule has 0 unspecified atom stereocenters. The SMILES string of the molecule is C[C@@H](n1c(NOS(C)(=O)=O)nc2ccc(-c3[nH]c(-c4c(F)cccc4C(F)(F)F)nc3-c3ccc(F)cc3)nc21)C(C)(C)C. The predicted octanol–water partition coefficient (Wildman–Crippen LogP) is 7.36. The van der Waals surface area contributed by atoms with Gasteiger partial charge >= 0.3 is 6.18 Å². The lowest BCUT2D eigenvalue weighted by atomic mass is 9.88. The van der Waals surface area contributed by atoms with Gasteiger partial charge in [-0.3, -0.25) is 4.57 Å². The predicted molar refractivity (Wildman–Crippen MR) is 155 cm³/mol. The van der Waals surface area contributed by atoms with E-state index in [9.17, 15) is 30.4 Å². The van der Waals surface area contributed by atoms with Crippen LogP contribution in [0.25, 0.3) is 45.2 Å². The van der Waals surface area contributed by atoms with Gasteiger partial charge in [0.05, 0.1) is 34.5 Å². The summed E-state index contributed by atoms with van der Waals surface area (Å²) in [5.74, 6) is -2.06. The number of aromatic nitrogens is 5. The van der Waals surface area contributed by atoms with Crippen molar-refractivity contribution in [3.8, 4) is 34.0 Å². The summed E-state index contributed by atoms with van der Waals surface area (Å²) in [4.78, 5) is 16.4. The minimum atomic E-state index is -4.88.